The molecule has 0 bridgehead atoms. The van der Waals surface area contributed by atoms with E-state index in [1.165, 1.54) is 11.3 Å². The van der Waals surface area contributed by atoms with E-state index >= 15 is 0 Å². The summed E-state index contributed by atoms with van der Waals surface area (Å²) in [5.41, 5.74) is 5.23. The molecule has 5 rings (SSSR count). The van der Waals surface area contributed by atoms with Crippen molar-refractivity contribution >= 4 is 39.0 Å². The van der Waals surface area contributed by atoms with Crippen LogP contribution in [0.15, 0.2) is 30.5 Å². The van der Waals surface area contributed by atoms with E-state index in [2.05, 4.69) is 69.8 Å². The van der Waals surface area contributed by atoms with Gasteiger partial charge >= 0.3 is 0 Å². The van der Waals surface area contributed by atoms with Crippen LogP contribution in [-0.2, 0) is 7.05 Å². The summed E-state index contributed by atoms with van der Waals surface area (Å²) in [5.74, 6) is 1.55. The summed E-state index contributed by atoms with van der Waals surface area (Å²) >= 11 is 0. The standard InChI is InChI=1S/C23H29N7O/c1-13-6-18(30-10-14(2)24-15(3)11-30)9-19-21(13)23(27-26-19)25-17-7-16-12-29(4)28-22(16)20(8-17)31-5/h6-9,12,14-15,24H,10-11H2,1-5H3,(H2,25,26,27)/t14-,15+. The lowest BCUT2D eigenvalue weighted by Gasteiger charge is -2.37. The minimum atomic E-state index is 0.469. The summed E-state index contributed by atoms with van der Waals surface area (Å²) in [4.78, 5) is 2.45. The number of nitrogens with zero attached hydrogens (tertiary/aromatic N) is 4. The number of hydrogen-bond donors (Lipinski definition) is 3. The van der Waals surface area contributed by atoms with Gasteiger partial charge < -0.3 is 20.3 Å². The summed E-state index contributed by atoms with van der Waals surface area (Å²) < 4.78 is 7.35. The molecule has 1 fully saturated rings. The van der Waals surface area contributed by atoms with Crippen LogP contribution in [0.5, 0.6) is 5.75 Å². The average molecular weight is 420 g/mol. The number of nitrogens with one attached hydrogen (secondary N) is 3. The molecule has 2 atom stereocenters. The van der Waals surface area contributed by atoms with E-state index in [-0.39, 0.29) is 0 Å². The molecule has 1 aliphatic rings. The Morgan fingerprint density at radius 3 is 2.65 bits per heavy atom. The van der Waals surface area contributed by atoms with Crippen molar-refractivity contribution in [2.75, 3.05) is 30.4 Å². The van der Waals surface area contributed by atoms with Crippen molar-refractivity contribution < 1.29 is 4.74 Å². The highest BCUT2D eigenvalue weighted by molar-refractivity contribution is 5.97. The number of hydrogen-bond acceptors (Lipinski definition) is 6. The largest absolute Gasteiger partial charge is 0.494 e. The fourth-order valence-corrected chi connectivity index (χ4v) is 4.74. The molecule has 8 nitrogen and oxygen atoms in total. The number of aryl methyl sites for hydroxylation is 2. The van der Waals surface area contributed by atoms with Gasteiger partial charge in [-0.25, -0.2) is 0 Å². The fourth-order valence-electron chi connectivity index (χ4n) is 4.74. The molecule has 2 aromatic heterocycles. The molecule has 8 heteroatoms. The third kappa shape index (κ3) is 3.57. The van der Waals surface area contributed by atoms with Crippen molar-refractivity contribution in [3.63, 3.8) is 0 Å². The van der Waals surface area contributed by atoms with Crippen molar-refractivity contribution in [1.29, 1.82) is 0 Å². The molecule has 3 heterocycles. The minimum Gasteiger partial charge on any atom is -0.494 e. The summed E-state index contributed by atoms with van der Waals surface area (Å²) in [6.07, 6.45) is 1.98. The van der Waals surface area contributed by atoms with E-state index in [0.29, 0.717) is 12.1 Å². The van der Waals surface area contributed by atoms with Gasteiger partial charge in [0.1, 0.15) is 11.3 Å². The SMILES string of the molecule is COc1cc(Nc2n[nH]c3cc(N4C[C@@H](C)N[C@@H](C)C4)cc(C)c23)cc2cn(C)nc12. The Balaban J connectivity index is 1.50. The Morgan fingerprint density at radius 1 is 1.13 bits per heavy atom. The van der Waals surface area contributed by atoms with Gasteiger partial charge in [0.25, 0.3) is 0 Å². The topological polar surface area (TPSA) is 83.0 Å². The molecule has 0 unspecified atom stereocenters. The smallest absolute Gasteiger partial charge is 0.160 e. The second kappa shape index (κ2) is 7.46. The lowest BCUT2D eigenvalue weighted by molar-refractivity contribution is 0.407. The fraction of sp³-hybridized carbons (Fsp3) is 0.391. The number of piperazine rings is 1. The Bertz CT molecular complexity index is 1250. The molecule has 0 aliphatic carbocycles. The van der Waals surface area contributed by atoms with E-state index in [1.54, 1.807) is 11.8 Å². The molecule has 0 amide bonds. The van der Waals surface area contributed by atoms with Crippen LogP contribution in [0, 0.1) is 6.92 Å². The van der Waals surface area contributed by atoms with E-state index < -0.39 is 0 Å². The van der Waals surface area contributed by atoms with E-state index in [9.17, 15) is 0 Å². The highest BCUT2D eigenvalue weighted by atomic mass is 16.5. The number of anilines is 3. The van der Waals surface area contributed by atoms with Crippen LogP contribution >= 0.6 is 0 Å². The third-order valence-electron chi connectivity index (χ3n) is 5.94. The van der Waals surface area contributed by atoms with Crippen molar-refractivity contribution in [3.8, 4) is 5.75 Å². The molecule has 2 aromatic carbocycles. The molecular weight excluding hydrogens is 390 g/mol. The quantitative estimate of drug-likeness (QED) is 0.468. The van der Waals surface area contributed by atoms with Crippen molar-refractivity contribution in [3.05, 3.63) is 36.0 Å². The first-order chi connectivity index (χ1) is 14.9. The van der Waals surface area contributed by atoms with Gasteiger partial charge in [0.15, 0.2) is 5.82 Å². The summed E-state index contributed by atoms with van der Waals surface area (Å²) in [6.45, 7) is 8.62. The van der Waals surface area contributed by atoms with Crippen LogP contribution in [0.4, 0.5) is 17.2 Å². The number of fused-ring (bicyclic) bond motifs is 2. The maximum absolute atomic E-state index is 5.56. The molecule has 0 radical (unpaired) electrons. The molecule has 1 saturated heterocycles. The van der Waals surface area contributed by atoms with Crippen LogP contribution in [-0.4, -0.2) is 52.3 Å². The second-order valence-corrected chi connectivity index (χ2v) is 8.68. The first kappa shape index (κ1) is 19.7. The molecule has 162 valence electrons. The van der Waals surface area contributed by atoms with Gasteiger partial charge in [0, 0.05) is 66.6 Å². The molecule has 0 spiro atoms. The average Bonchev–Trinajstić information content (AvgIpc) is 3.29. The minimum absolute atomic E-state index is 0.469. The highest BCUT2D eigenvalue weighted by Gasteiger charge is 2.22. The number of benzene rings is 2. The number of ether oxygens (including phenoxy) is 1. The van der Waals surface area contributed by atoms with Crippen molar-refractivity contribution in [1.82, 2.24) is 25.3 Å². The Kier molecular flexibility index (Phi) is 4.74. The first-order valence-corrected chi connectivity index (χ1v) is 10.7. The number of rotatable bonds is 4. The molecule has 3 N–H and O–H groups in total. The lowest BCUT2D eigenvalue weighted by Crippen LogP contribution is -2.54. The Hall–Kier alpha value is -3.26. The van der Waals surface area contributed by atoms with Crippen LogP contribution < -0.4 is 20.3 Å². The van der Waals surface area contributed by atoms with Gasteiger partial charge in [0.05, 0.1) is 12.6 Å². The first-order valence-electron chi connectivity index (χ1n) is 10.7. The van der Waals surface area contributed by atoms with Crippen molar-refractivity contribution in [2.24, 2.45) is 7.05 Å². The zero-order chi connectivity index (χ0) is 21.7. The van der Waals surface area contributed by atoms with Gasteiger partial charge in [-0.1, -0.05) is 0 Å². The van der Waals surface area contributed by atoms with E-state index in [4.69, 9.17) is 4.74 Å². The molecule has 31 heavy (non-hydrogen) atoms. The number of aromatic amines is 1. The number of H-pyrrole nitrogens is 1. The normalized spacial score (nSPS) is 19.3. The molecule has 4 aromatic rings. The number of aromatic nitrogens is 4. The second-order valence-electron chi connectivity index (χ2n) is 8.68. The Morgan fingerprint density at radius 2 is 1.90 bits per heavy atom. The Labute approximate surface area is 181 Å². The lowest BCUT2D eigenvalue weighted by atomic mass is 10.1. The molecular formula is C23H29N7O. The predicted molar refractivity (Wildman–Crippen MR) is 126 cm³/mol. The van der Waals surface area contributed by atoms with Gasteiger partial charge in [-0.3, -0.25) is 9.78 Å². The van der Waals surface area contributed by atoms with Crippen LogP contribution in [0.3, 0.4) is 0 Å². The predicted octanol–water partition coefficient (Wildman–Crippen LogP) is 3.70. The maximum atomic E-state index is 5.56. The van der Waals surface area contributed by atoms with Crippen LogP contribution in [0.2, 0.25) is 0 Å². The third-order valence-corrected chi connectivity index (χ3v) is 5.94. The van der Waals surface area contributed by atoms with Gasteiger partial charge in [-0.2, -0.15) is 10.2 Å². The van der Waals surface area contributed by atoms with E-state index in [0.717, 1.165) is 52.2 Å². The van der Waals surface area contributed by atoms with Crippen LogP contribution in [0.25, 0.3) is 21.8 Å². The zero-order valence-corrected chi connectivity index (χ0v) is 18.7. The van der Waals surface area contributed by atoms with Gasteiger partial charge in [-0.05, 0) is 44.5 Å². The van der Waals surface area contributed by atoms with Gasteiger partial charge in [0.2, 0.25) is 0 Å². The molecule has 0 saturated carbocycles. The van der Waals surface area contributed by atoms with E-state index in [1.807, 2.05) is 19.3 Å². The zero-order valence-electron chi connectivity index (χ0n) is 18.7. The molecule has 1 aliphatic heterocycles. The summed E-state index contributed by atoms with van der Waals surface area (Å²) in [5, 5.41) is 21.5. The summed E-state index contributed by atoms with van der Waals surface area (Å²) in [6, 6.07) is 9.43. The number of methoxy groups -OCH3 is 1. The highest BCUT2D eigenvalue weighted by Crippen LogP contribution is 2.34. The maximum Gasteiger partial charge on any atom is 0.160 e. The monoisotopic (exact) mass is 419 g/mol. The van der Waals surface area contributed by atoms with Gasteiger partial charge in [-0.15, -0.1) is 0 Å². The van der Waals surface area contributed by atoms with Crippen LogP contribution in [0.1, 0.15) is 19.4 Å². The van der Waals surface area contributed by atoms with Crippen molar-refractivity contribution in [2.45, 2.75) is 32.9 Å². The summed E-state index contributed by atoms with van der Waals surface area (Å²) in [7, 11) is 3.58.